The van der Waals surface area contributed by atoms with E-state index < -0.39 is 16.4 Å². The van der Waals surface area contributed by atoms with Crippen molar-refractivity contribution in [2.45, 2.75) is 26.3 Å². The molecule has 0 aliphatic heterocycles. The highest BCUT2D eigenvalue weighted by molar-refractivity contribution is 5.73. The third-order valence-corrected chi connectivity index (χ3v) is 2.32. The van der Waals surface area contributed by atoms with Gasteiger partial charge in [0.05, 0.1) is 4.92 Å². The summed E-state index contributed by atoms with van der Waals surface area (Å²) in [7, 11) is 0. The fourth-order valence-electron chi connectivity index (χ4n) is 1.44. The highest BCUT2D eigenvalue weighted by Crippen LogP contribution is 2.23. The van der Waals surface area contributed by atoms with Crippen LogP contribution in [0.3, 0.4) is 0 Å². The normalized spacial score (nSPS) is 11.1. The van der Waals surface area contributed by atoms with Gasteiger partial charge in [0.1, 0.15) is 18.6 Å². The molecule has 0 saturated heterocycles. The van der Waals surface area contributed by atoms with Crippen molar-refractivity contribution in [2.75, 3.05) is 11.4 Å². The maximum Gasteiger partial charge on any atom is 0.323 e. The van der Waals surface area contributed by atoms with E-state index in [0.717, 1.165) is 6.20 Å². The van der Waals surface area contributed by atoms with Crippen LogP contribution in [0, 0.1) is 10.1 Å². The third kappa shape index (κ3) is 3.41. The molecule has 0 bridgehead atoms. The molecule has 0 saturated carbocycles. The summed E-state index contributed by atoms with van der Waals surface area (Å²) in [5, 5.41) is 19.4. The average Bonchev–Trinajstić information content (AvgIpc) is 2.24. The molecule has 0 aliphatic rings. The van der Waals surface area contributed by atoms with Crippen LogP contribution in [0.1, 0.15) is 20.8 Å². The predicted octanol–water partition coefficient (Wildman–Crippen LogP) is 1.68. The van der Waals surface area contributed by atoms with Gasteiger partial charge >= 0.3 is 5.97 Å². The summed E-state index contributed by atoms with van der Waals surface area (Å²) in [6.07, 6.45) is 1.12. The molecule has 1 N–H and O–H groups in total. The predicted molar refractivity (Wildman–Crippen MR) is 65.6 cm³/mol. The molecule has 0 radical (unpaired) electrons. The van der Waals surface area contributed by atoms with Crippen LogP contribution < -0.4 is 4.90 Å². The van der Waals surface area contributed by atoms with Crippen LogP contribution in [-0.4, -0.2) is 33.1 Å². The van der Waals surface area contributed by atoms with Crippen molar-refractivity contribution in [3.63, 3.8) is 0 Å². The fourth-order valence-corrected chi connectivity index (χ4v) is 1.44. The fraction of sp³-hybridized carbons (Fsp3) is 0.455. The summed E-state index contributed by atoms with van der Waals surface area (Å²) in [4.78, 5) is 26.3. The van der Waals surface area contributed by atoms with Crippen LogP contribution in [0.5, 0.6) is 0 Å². The first-order chi connectivity index (χ1) is 8.21. The Balaban J connectivity index is 3.06. The second-order valence-electron chi connectivity index (χ2n) is 4.78. The maximum atomic E-state index is 10.8. The summed E-state index contributed by atoms with van der Waals surface area (Å²) in [5.74, 6) is -0.583. The van der Waals surface area contributed by atoms with Crippen LogP contribution in [0.15, 0.2) is 18.3 Å². The minimum absolute atomic E-state index is 0.122. The highest BCUT2D eigenvalue weighted by Gasteiger charge is 2.25. The molecule has 1 rings (SSSR count). The van der Waals surface area contributed by atoms with Crippen molar-refractivity contribution in [1.29, 1.82) is 0 Å². The standard InChI is InChI=1S/C11H15N3O4/c1-11(2,3)13(7-10(15)16)9-5-4-8(6-12-9)14(17)18/h4-6H,7H2,1-3H3,(H,15,16). The second kappa shape index (κ2) is 4.99. The highest BCUT2D eigenvalue weighted by atomic mass is 16.6. The Morgan fingerprint density at radius 3 is 2.44 bits per heavy atom. The molecular weight excluding hydrogens is 238 g/mol. The van der Waals surface area contributed by atoms with Gasteiger partial charge in [-0.05, 0) is 26.8 Å². The number of nitro groups is 1. The van der Waals surface area contributed by atoms with Gasteiger partial charge in [-0.3, -0.25) is 14.9 Å². The Morgan fingerprint density at radius 2 is 2.11 bits per heavy atom. The Hall–Kier alpha value is -2.18. The van der Waals surface area contributed by atoms with Gasteiger partial charge in [-0.15, -0.1) is 0 Å². The lowest BCUT2D eigenvalue weighted by molar-refractivity contribution is -0.385. The van der Waals surface area contributed by atoms with Crippen molar-refractivity contribution in [3.05, 3.63) is 28.4 Å². The van der Waals surface area contributed by atoms with E-state index in [1.54, 1.807) is 4.90 Å². The molecule has 7 nitrogen and oxygen atoms in total. The molecule has 0 aliphatic carbocycles. The number of carboxylic acid groups (broad SMARTS) is 1. The lowest BCUT2D eigenvalue weighted by atomic mass is 10.1. The summed E-state index contributed by atoms with van der Waals surface area (Å²) < 4.78 is 0. The van der Waals surface area contributed by atoms with Crippen molar-refractivity contribution in [1.82, 2.24) is 4.98 Å². The van der Waals surface area contributed by atoms with Gasteiger partial charge in [-0.1, -0.05) is 0 Å². The summed E-state index contributed by atoms with van der Waals surface area (Å²) >= 11 is 0. The molecule has 1 heterocycles. The zero-order chi connectivity index (χ0) is 13.9. The monoisotopic (exact) mass is 253 g/mol. The first-order valence-electron chi connectivity index (χ1n) is 5.31. The van der Waals surface area contributed by atoms with Crippen molar-refractivity contribution >= 4 is 17.5 Å². The van der Waals surface area contributed by atoms with Crippen molar-refractivity contribution in [2.24, 2.45) is 0 Å². The van der Waals surface area contributed by atoms with E-state index in [1.165, 1.54) is 12.1 Å². The maximum absolute atomic E-state index is 10.8. The van der Waals surface area contributed by atoms with E-state index in [0.29, 0.717) is 5.82 Å². The summed E-state index contributed by atoms with van der Waals surface area (Å²) in [5.41, 5.74) is -0.565. The van der Waals surface area contributed by atoms with E-state index in [-0.39, 0.29) is 12.2 Å². The smallest absolute Gasteiger partial charge is 0.323 e. The van der Waals surface area contributed by atoms with E-state index in [9.17, 15) is 14.9 Å². The number of pyridine rings is 1. The number of aromatic nitrogens is 1. The number of aliphatic carboxylic acids is 1. The number of carboxylic acids is 1. The first-order valence-corrected chi connectivity index (χ1v) is 5.31. The largest absolute Gasteiger partial charge is 0.480 e. The molecule has 98 valence electrons. The Labute approximate surface area is 104 Å². The van der Waals surface area contributed by atoms with Gasteiger partial charge in [-0.2, -0.15) is 0 Å². The zero-order valence-electron chi connectivity index (χ0n) is 10.5. The molecule has 0 aromatic carbocycles. The molecule has 0 unspecified atom stereocenters. The number of hydrogen-bond donors (Lipinski definition) is 1. The Kier molecular flexibility index (Phi) is 3.85. The topological polar surface area (TPSA) is 96.6 Å². The Morgan fingerprint density at radius 1 is 1.50 bits per heavy atom. The van der Waals surface area contributed by atoms with Gasteiger partial charge in [0.2, 0.25) is 0 Å². The summed E-state index contributed by atoms with van der Waals surface area (Å²) in [6.45, 7) is 5.32. The SMILES string of the molecule is CC(C)(C)N(CC(=O)O)c1ccc([N+](=O)[O-])cn1. The van der Waals surface area contributed by atoms with E-state index >= 15 is 0 Å². The van der Waals surface area contributed by atoms with E-state index in [4.69, 9.17) is 5.11 Å². The lowest BCUT2D eigenvalue weighted by Gasteiger charge is -2.35. The molecule has 18 heavy (non-hydrogen) atoms. The number of hydrogen-bond acceptors (Lipinski definition) is 5. The molecule has 1 aromatic heterocycles. The van der Waals surface area contributed by atoms with Crippen LogP contribution in [0.2, 0.25) is 0 Å². The minimum Gasteiger partial charge on any atom is -0.480 e. The van der Waals surface area contributed by atoms with Gasteiger partial charge in [-0.25, -0.2) is 4.98 Å². The van der Waals surface area contributed by atoms with Crippen molar-refractivity contribution in [3.8, 4) is 0 Å². The Bertz CT molecular complexity index is 450. The summed E-state index contributed by atoms with van der Waals surface area (Å²) in [6, 6.07) is 2.76. The van der Waals surface area contributed by atoms with Crippen LogP contribution >= 0.6 is 0 Å². The molecule has 7 heteroatoms. The number of nitrogens with zero attached hydrogens (tertiary/aromatic N) is 3. The third-order valence-electron chi connectivity index (χ3n) is 2.32. The molecule has 0 amide bonds. The van der Waals surface area contributed by atoms with Crippen LogP contribution in [-0.2, 0) is 4.79 Å². The van der Waals surface area contributed by atoms with Crippen molar-refractivity contribution < 1.29 is 14.8 Å². The van der Waals surface area contributed by atoms with Crippen LogP contribution in [0.25, 0.3) is 0 Å². The molecular formula is C11H15N3O4. The number of carbonyl (C=O) groups is 1. The lowest BCUT2D eigenvalue weighted by Crippen LogP contribution is -2.45. The van der Waals surface area contributed by atoms with Gasteiger partial charge < -0.3 is 10.0 Å². The quantitative estimate of drug-likeness (QED) is 0.647. The van der Waals surface area contributed by atoms with Gasteiger partial charge in [0, 0.05) is 11.6 Å². The zero-order valence-corrected chi connectivity index (χ0v) is 10.5. The van der Waals surface area contributed by atoms with Gasteiger partial charge in [0.25, 0.3) is 5.69 Å². The molecule has 0 fully saturated rings. The van der Waals surface area contributed by atoms with Gasteiger partial charge in [0.15, 0.2) is 0 Å². The molecule has 0 spiro atoms. The van der Waals surface area contributed by atoms with Crippen LogP contribution in [0.4, 0.5) is 11.5 Å². The number of anilines is 1. The minimum atomic E-state index is -0.981. The van der Waals surface area contributed by atoms with E-state index in [1.807, 2.05) is 20.8 Å². The first kappa shape index (κ1) is 13.9. The second-order valence-corrected chi connectivity index (χ2v) is 4.78. The van der Waals surface area contributed by atoms with E-state index in [2.05, 4.69) is 4.98 Å². The average molecular weight is 253 g/mol. The number of rotatable bonds is 4. The molecule has 1 aromatic rings. The molecule has 0 atom stereocenters.